The van der Waals surface area contributed by atoms with Gasteiger partial charge < -0.3 is 9.05 Å². The first-order valence-electron chi connectivity index (χ1n) is 5.16. The van der Waals surface area contributed by atoms with Crippen LogP contribution in [0.1, 0.15) is 27.7 Å². The fourth-order valence-electron chi connectivity index (χ4n) is 0.947. The van der Waals surface area contributed by atoms with Crippen molar-refractivity contribution in [2.45, 2.75) is 39.9 Å². The molecule has 0 aromatic rings. The van der Waals surface area contributed by atoms with E-state index < -0.39 is 7.60 Å². The minimum atomic E-state index is -3.22. The van der Waals surface area contributed by atoms with Crippen molar-refractivity contribution in [2.75, 3.05) is 0 Å². The molecular formula is C11H19O4P. The molecule has 0 heterocycles. The van der Waals surface area contributed by atoms with Crippen molar-refractivity contribution in [3.63, 3.8) is 0 Å². The maximum Gasteiger partial charge on any atom is 0.354 e. The number of carbonyl (C=O) groups excluding carboxylic acids is 1. The van der Waals surface area contributed by atoms with E-state index >= 15 is 0 Å². The van der Waals surface area contributed by atoms with Gasteiger partial charge in [0.2, 0.25) is 0 Å². The highest BCUT2D eigenvalue weighted by Gasteiger charge is 2.23. The van der Waals surface area contributed by atoms with E-state index in [0.29, 0.717) is 6.29 Å². The summed E-state index contributed by atoms with van der Waals surface area (Å²) < 4.78 is 22.7. The van der Waals surface area contributed by atoms with Gasteiger partial charge in [-0.15, -0.1) is 0 Å². The molecule has 0 fully saturated rings. The molecule has 0 rings (SSSR count). The van der Waals surface area contributed by atoms with E-state index in [-0.39, 0.29) is 12.2 Å². The summed E-state index contributed by atoms with van der Waals surface area (Å²) in [7, 11) is -3.22. The van der Waals surface area contributed by atoms with E-state index in [0.717, 1.165) is 0 Å². The minimum absolute atomic E-state index is 0.190. The Morgan fingerprint density at radius 3 is 1.81 bits per heavy atom. The lowest BCUT2D eigenvalue weighted by atomic mass is 10.5. The van der Waals surface area contributed by atoms with Crippen molar-refractivity contribution in [1.29, 1.82) is 0 Å². The van der Waals surface area contributed by atoms with Gasteiger partial charge in [0.25, 0.3) is 0 Å². The normalized spacial score (nSPS) is 13.4. The summed E-state index contributed by atoms with van der Waals surface area (Å²) in [6.07, 6.45) is 4.52. The Morgan fingerprint density at radius 1 is 0.938 bits per heavy atom. The van der Waals surface area contributed by atoms with Crippen molar-refractivity contribution in [1.82, 2.24) is 0 Å². The standard InChI is InChI=1S/C11H19O4P/c1-10(2)14-16(13,15-11(3)4)9-7-5-6-8-12/h5-11H,1-4H3/b6-5+,9-7+. The van der Waals surface area contributed by atoms with Crippen LogP contribution in [0.15, 0.2) is 24.0 Å². The Hall–Kier alpha value is -0.700. The monoisotopic (exact) mass is 246 g/mol. The van der Waals surface area contributed by atoms with Crippen LogP contribution in [0, 0.1) is 0 Å². The highest BCUT2D eigenvalue weighted by molar-refractivity contribution is 7.57. The number of hydrogen-bond acceptors (Lipinski definition) is 4. The van der Waals surface area contributed by atoms with Gasteiger partial charge in [-0.05, 0) is 33.8 Å². The largest absolute Gasteiger partial charge is 0.354 e. The van der Waals surface area contributed by atoms with Crippen LogP contribution in [0.25, 0.3) is 0 Å². The molecule has 0 aromatic heterocycles. The zero-order chi connectivity index (χ0) is 12.6. The molecule has 0 spiro atoms. The van der Waals surface area contributed by atoms with Gasteiger partial charge >= 0.3 is 7.60 Å². The first-order valence-corrected chi connectivity index (χ1v) is 6.77. The molecule has 0 radical (unpaired) electrons. The molecule has 16 heavy (non-hydrogen) atoms. The van der Waals surface area contributed by atoms with Crippen LogP contribution in [0.3, 0.4) is 0 Å². The van der Waals surface area contributed by atoms with Crippen LogP contribution in [0.5, 0.6) is 0 Å². The molecule has 0 saturated carbocycles. The maximum absolute atomic E-state index is 12.1. The van der Waals surface area contributed by atoms with Gasteiger partial charge in [-0.3, -0.25) is 9.36 Å². The van der Waals surface area contributed by atoms with Crippen LogP contribution in [0.2, 0.25) is 0 Å². The Bertz CT molecular complexity index is 291. The van der Waals surface area contributed by atoms with Crippen LogP contribution < -0.4 is 0 Å². The molecule has 0 aliphatic heterocycles. The third-order valence-electron chi connectivity index (χ3n) is 1.28. The van der Waals surface area contributed by atoms with Crippen LogP contribution in [-0.4, -0.2) is 18.5 Å². The quantitative estimate of drug-likeness (QED) is 0.299. The highest BCUT2D eigenvalue weighted by atomic mass is 31.2. The summed E-state index contributed by atoms with van der Waals surface area (Å²) in [5.74, 6) is 1.35. The summed E-state index contributed by atoms with van der Waals surface area (Å²) in [4.78, 5) is 10.0. The van der Waals surface area contributed by atoms with Crippen LogP contribution >= 0.6 is 7.60 Å². The van der Waals surface area contributed by atoms with E-state index in [2.05, 4.69) is 0 Å². The molecule has 0 unspecified atom stereocenters. The van der Waals surface area contributed by atoms with Gasteiger partial charge in [0, 0.05) is 5.82 Å². The molecule has 0 aromatic carbocycles. The number of allylic oxidation sites excluding steroid dienone is 3. The Morgan fingerprint density at radius 2 is 1.44 bits per heavy atom. The molecular weight excluding hydrogens is 227 g/mol. The van der Waals surface area contributed by atoms with Gasteiger partial charge in [-0.1, -0.05) is 12.2 Å². The zero-order valence-electron chi connectivity index (χ0n) is 10.1. The summed E-state index contributed by atoms with van der Waals surface area (Å²) in [5.41, 5.74) is 0. The van der Waals surface area contributed by atoms with Gasteiger partial charge in [0.1, 0.15) is 6.29 Å². The number of aldehydes is 1. The van der Waals surface area contributed by atoms with Gasteiger partial charge in [-0.2, -0.15) is 0 Å². The lowest BCUT2D eigenvalue weighted by Crippen LogP contribution is -2.06. The average Bonchev–Trinajstić information content (AvgIpc) is 2.09. The molecule has 0 bridgehead atoms. The van der Waals surface area contributed by atoms with E-state index in [9.17, 15) is 9.36 Å². The smallest absolute Gasteiger partial charge is 0.303 e. The first-order chi connectivity index (χ1) is 7.39. The van der Waals surface area contributed by atoms with Crippen molar-refractivity contribution in [2.24, 2.45) is 0 Å². The molecule has 0 aliphatic carbocycles. The first kappa shape index (κ1) is 15.3. The lowest BCUT2D eigenvalue weighted by molar-refractivity contribution is -0.104. The fraction of sp³-hybridized carbons (Fsp3) is 0.545. The Kier molecular flexibility index (Phi) is 7.22. The minimum Gasteiger partial charge on any atom is -0.303 e. The topological polar surface area (TPSA) is 52.6 Å². The third-order valence-corrected chi connectivity index (χ3v) is 3.25. The molecule has 0 N–H and O–H groups in total. The van der Waals surface area contributed by atoms with Crippen molar-refractivity contribution >= 4 is 13.9 Å². The summed E-state index contributed by atoms with van der Waals surface area (Å²) in [5, 5.41) is 0. The highest BCUT2D eigenvalue weighted by Crippen LogP contribution is 2.51. The number of rotatable bonds is 7. The Balaban J connectivity index is 4.65. The second-order valence-corrected chi connectivity index (χ2v) is 5.51. The van der Waals surface area contributed by atoms with Gasteiger partial charge in [-0.25, -0.2) is 0 Å². The van der Waals surface area contributed by atoms with Gasteiger partial charge in [0.05, 0.1) is 12.2 Å². The average molecular weight is 246 g/mol. The number of hydrogen-bond donors (Lipinski definition) is 0. The molecule has 0 atom stereocenters. The van der Waals surface area contributed by atoms with E-state index in [4.69, 9.17) is 9.05 Å². The summed E-state index contributed by atoms with van der Waals surface area (Å²) in [6, 6.07) is 0. The molecule has 0 amide bonds. The molecule has 92 valence electrons. The predicted octanol–water partition coefficient (Wildman–Crippen LogP) is 3.30. The molecule has 0 aliphatic rings. The van der Waals surface area contributed by atoms with Crippen molar-refractivity contribution in [3.8, 4) is 0 Å². The van der Waals surface area contributed by atoms with Crippen molar-refractivity contribution in [3.05, 3.63) is 24.0 Å². The van der Waals surface area contributed by atoms with Crippen LogP contribution in [-0.2, 0) is 18.4 Å². The number of carbonyl (C=O) groups is 1. The van der Waals surface area contributed by atoms with E-state index in [1.165, 1.54) is 24.0 Å². The van der Waals surface area contributed by atoms with Crippen molar-refractivity contribution < 1.29 is 18.4 Å². The third kappa shape index (κ3) is 7.57. The molecule has 5 heteroatoms. The molecule has 0 saturated heterocycles. The van der Waals surface area contributed by atoms with Crippen LogP contribution in [0.4, 0.5) is 0 Å². The second-order valence-electron chi connectivity index (χ2n) is 3.71. The van der Waals surface area contributed by atoms with E-state index in [1.807, 2.05) is 0 Å². The SMILES string of the molecule is CC(C)OP(=O)(/C=C/C=C/C=O)OC(C)C. The van der Waals surface area contributed by atoms with Gasteiger partial charge in [0.15, 0.2) is 0 Å². The van der Waals surface area contributed by atoms with E-state index in [1.54, 1.807) is 27.7 Å². The summed E-state index contributed by atoms with van der Waals surface area (Å²) in [6.45, 7) is 7.13. The molecule has 4 nitrogen and oxygen atoms in total. The maximum atomic E-state index is 12.1. The zero-order valence-corrected chi connectivity index (χ0v) is 11.0. The Labute approximate surface area is 96.9 Å². The fourth-order valence-corrected chi connectivity index (χ4v) is 2.62. The lowest BCUT2D eigenvalue weighted by Gasteiger charge is -2.19. The summed E-state index contributed by atoms with van der Waals surface area (Å²) >= 11 is 0. The second kappa shape index (κ2) is 7.55. The predicted molar refractivity (Wildman–Crippen MR) is 64.4 cm³/mol.